The number of rotatable bonds is 12. The number of nitrogen functional groups attached to an aromatic ring is 1. The summed E-state index contributed by atoms with van der Waals surface area (Å²) in [5.41, 5.74) is 4.21. The SMILES string of the molecule is CCOc1nc(N)nc2c1ncn2[C@@H]1O[C@H](COP(=O)(NC(C)C(=O)O)NC(C)C(=O)O)[C@@H](O)[C@@]1(C)O. The van der Waals surface area contributed by atoms with Gasteiger partial charge in [0, 0.05) is 0 Å². The largest absolute Gasteiger partial charge is 0.480 e. The molecule has 37 heavy (non-hydrogen) atoms. The first-order chi connectivity index (χ1) is 17.2. The summed E-state index contributed by atoms with van der Waals surface area (Å²) in [7, 11) is -4.31. The summed E-state index contributed by atoms with van der Waals surface area (Å²) in [6, 6.07) is -2.77. The summed E-state index contributed by atoms with van der Waals surface area (Å²) < 4.78 is 31.2. The number of anilines is 1. The van der Waals surface area contributed by atoms with Crippen LogP contribution >= 0.6 is 7.67 Å². The lowest BCUT2D eigenvalue weighted by molar-refractivity contribution is -0.139. The van der Waals surface area contributed by atoms with E-state index >= 15 is 0 Å². The maximum absolute atomic E-state index is 13.3. The van der Waals surface area contributed by atoms with Crippen molar-refractivity contribution in [1.29, 1.82) is 0 Å². The molecule has 1 fully saturated rings. The summed E-state index contributed by atoms with van der Waals surface area (Å²) in [5, 5.41) is 44.7. The van der Waals surface area contributed by atoms with Gasteiger partial charge in [-0.1, -0.05) is 0 Å². The highest BCUT2D eigenvalue weighted by molar-refractivity contribution is 7.54. The molecule has 0 radical (unpaired) electrons. The lowest BCUT2D eigenvalue weighted by Gasteiger charge is -2.27. The maximum atomic E-state index is 13.3. The van der Waals surface area contributed by atoms with E-state index in [4.69, 9.17) is 29.9 Å². The molecule has 0 aromatic carbocycles. The van der Waals surface area contributed by atoms with Crippen LogP contribution in [0, 0.1) is 0 Å². The normalized spacial score (nSPS) is 27.0. The van der Waals surface area contributed by atoms with Crippen molar-refractivity contribution in [2.24, 2.45) is 0 Å². The lowest BCUT2D eigenvalue weighted by Crippen LogP contribution is -2.45. The lowest BCUT2D eigenvalue weighted by atomic mass is 9.96. The number of aliphatic hydroxyl groups excluding tert-OH is 1. The van der Waals surface area contributed by atoms with Gasteiger partial charge in [-0.05, 0) is 27.7 Å². The van der Waals surface area contributed by atoms with E-state index < -0.39 is 62.3 Å². The van der Waals surface area contributed by atoms with Gasteiger partial charge in [-0.2, -0.15) is 9.97 Å². The second-order valence-corrected chi connectivity index (χ2v) is 10.4. The monoisotopic (exact) mass is 547 g/mol. The molecule has 2 aromatic rings. The molecule has 0 saturated carbocycles. The molecule has 17 nitrogen and oxygen atoms in total. The number of carbonyl (C=O) groups is 2. The number of hydrogen-bond donors (Lipinski definition) is 7. The Balaban J connectivity index is 1.86. The molecule has 0 spiro atoms. The van der Waals surface area contributed by atoms with Gasteiger partial charge in [0.2, 0.25) is 11.8 Å². The van der Waals surface area contributed by atoms with E-state index in [1.807, 2.05) is 0 Å². The molecule has 206 valence electrons. The molecule has 18 heteroatoms. The first-order valence-electron chi connectivity index (χ1n) is 11.1. The number of aliphatic hydroxyl groups is 2. The Hall–Kier alpha value is -2.92. The van der Waals surface area contributed by atoms with Crippen LogP contribution in [0.25, 0.3) is 11.2 Å². The molecule has 2 unspecified atom stereocenters. The van der Waals surface area contributed by atoms with Gasteiger partial charge >= 0.3 is 19.6 Å². The van der Waals surface area contributed by atoms with E-state index in [9.17, 15) is 24.4 Å². The highest BCUT2D eigenvalue weighted by Gasteiger charge is 2.54. The summed E-state index contributed by atoms with van der Waals surface area (Å²) in [6.45, 7) is 5.04. The zero-order chi connectivity index (χ0) is 27.7. The topological polar surface area (TPSA) is 253 Å². The van der Waals surface area contributed by atoms with E-state index in [1.54, 1.807) is 6.92 Å². The Morgan fingerprint density at radius 2 is 1.86 bits per heavy atom. The number of carboxylic acids is 2. The van der Waals surface area contributed by atoms with E-state index in [1.165, 1.54) is 31.7 Å². The van der Waals surface area contributed by atoms with Crippen molar-refractivity contribution >= 4 is 36.7 Å². The molecule has 1 saturated heterocycles. The van der Waals surface area contributed by atoms with Crippen molar-refractivity contribution in [3.05, 3.63) is 6.33 Å². The number of aromatic nitrogens is 4. The molecule has 2 aromatic heterocycles. The molecule has 0 aliphatic carbocycles. The molecular weight excluding hydrogens is 517 g/mol. The fraction of sp³-hybridized carbons (Fsp3) is 0.632. The van der Waals surface area contributed by atoms with Crippen LogP contribution in [-0.2, 0) is 23.4 Å². The van der Waals surface area contributed by atoms with Gasteiger partial charge in [-0.3, -0.25) is 18.7 Å². The van der Waals surface area contributed by atoms with Crippen LogP contribution in [0.2, 0.25) is 0 Å². The zero-order valence-corrected chi connectivity index (χ0v) is 21.3. The summed E-state index contributed by atoms with van der Waals surface area (Å²) in [6.07, 6.45) is -2.88. The van der Waals surface area contributed by atoms with Gasteiger partial charge in [0.1, 0.15) is 29.9 Å². The maximum Gasteiger partial charge on any atom is 0.342 e. The van der Waals surface area contributed by atoms with E-state index in [0.29, 0.717) is 0 Å². The van der Waals surface area contributed by atoms with Gasteiger partial charge < -0.3 is 40.2 Å². The first kappa shape index (κ1) is 28.6. The van der Waals surface area contributed by atoms with Crippen LogP contribution in [0.1, 0.15) is 33.9 Å². The third-order valence-corrected chi connectivity index (χ3v) is 7.55. The predicted octanol–water partition coefficient (Wildman–Crippen LogP) is -0.933. The van der Waals surface area contributed by atoms with E-state index in [2.05, 4.69) is 25.1 Å². The Morgan fingerprint density at radius 3 is 2.41 bits per heavy atom. The van der Waals surface area contributed by atoms with Gasteiger partial charge in [0.25, 0.3) is 0 Å². The number of nitrogens with two attached hydrogens (primary N) is 1. The Morgan fingerprint density at radius 1 is 1.27 bits per heavy atom. The molecule has 6 atom stereocenters. The summed E-state index contributed by atoms with van der Waals surface area (Å²) >= 11 is 0. The predicted molar refractivity (Wildman–Crippen MR) is 125 cm³/mol. The van der Waals surface area contributed by atoms with Crippen LogP contribution in [0.15, 0.2) is 6.33 Å². The Bertz CT molecular complexity index is 1180. The number of fused-ring (bicyclic) bond motifs is 1. The Labute approximate surface area is 210 Å². The molecular formula is C19H30N7O10P. The van der Waals surface area contributed by atoms with Crippen molar-refractivity contribution in [3.63, 3.8) is 0 Å². The second-order valence-electron chi connectivity index (χ2n) is 8.57. The van der Waals surface area contributed by atoms with Gasteiger partial charge in [-0.25, -0.2) is 15.2 Å². The quantitative estimate of drug-likeness (QED) is 0.158. The van der Waals surface area contributed by atoms with E-state index in [0.717, 1.165) is 0 Å². The molecule has 3 rings (SSSR count). The van der Waals surface area contributed by atoms with Crippen molar-refractivity contribution in [1.82, 2.24) is 29.7 Å². The number of nitrogens with zero attached hydrogens (tertiary/aromatic N) is 4. The minimum atomic E-state index is -4.31. The smallest absolute Gasteiger partial charge is 0.342 e. The van der Waals surface area contributed by atoms with Crippen LogP contribution in [0.4, 0.5) is 5.95 Å². The first-order valence-corrected chi connectivity index (χ1v) is 12.8. The highest BCUT2D eigenvalue weighted by Crippen LogP contribution is 2.44. The number of nitrogens with one attached hydrogen (secondary N) is 2. The number of ether oxygens (including phenoxy) is 2. The fourth-order valence-electron chi connectivity index (χ4n) is 3.60. The van der Waals surface area contributed by atoms with E-state index in [-0.39, 0.29) is 29.6 Å². The van der Waals surface area contributed by atoms with Crippen LogP contribution in [0.5, 0.6) is 5.88 Å². The van der Waals surface area contributed by atoms with Gasteiger partial charge in [0.15, 0.2) is 17.4 Å². The van der Waals surface area contributed by atoms with Crippen molar-refractivity contribution in [2.75, 3.05) is 18.9 Å². The third kappa shape index (κ3) is 5.98. The zero-order valence-electron chi connectivity index (χ0n) is 20.4. The average Bonchev–Trinajstić information content (AvgIpc) is 3.30. The van der Waals surface area contributed by atoms with Crippen LogP contribution < -0.4 is 20.6 Å². The van der Waals surface area contributed by atoms with Crippen LogP contribution in [0.3, 0.4) is 0 Å². The molecule has 0 amide bonds. The number of imidazole rings is 1. The van der Waals surface area contributed by atoms with Crippen molar-refractivity contribution in [2.45, 2.75) is 63.8 Å². The van der Waals surface area contributed by atoms with Gasteiger partial charge in [-0.15, -0.1) is 0 Å². The molecule has 1 aliphatic rings. The van der Waals surface area contributed by atoms with Crippen LogP contribution in [-0.4, -0.2) is 95.0 Å². The minimum Gasteiger partial charge on any atom is -0.480 e. The fourth-order valence-corrected chi connectivity index (χ4v) is 5.43. The minimum absolute atomic E-state index is 0.111. The highest BCUT2D eigenvalue weighted by atomic mass is 31.2. The summed E-state index contributed by atoms with van der Waals surface area (Å²) in [5.74, 6) is -2.75. The molecule has 1 aliphatic heterocycles. The van der Waals surface area contributed by atoms with Gasteiger partial charge in [0.05, 0.1) is 19.5 Å². The molecule has 3 heterocycles. The molecule has 8 N–H and O–H groups in total. The third-order valence-electron chi connectivity index (χ3n) is 5.58. The standard InChI is InChI=1S/C19H30N7O10P/c1-5-34-14-11-13(22-18(20)23-14)26(7-21-11)17-19(4,32)12(27)10(36-17)6-35-37(33,24-8(2)15(28)29)25-9(3)16(30)31/h7-10,12,17,27,32H,5-6H2,1-4H3,(H,28,29)(H,30,31)(H2,20,22,23)(H2,24,25,33)/t8?,9?,10-,12-,17-,19-,37?/m1/s1. The summed E-state index contributed by atoms with van der Waals surface area (Å²) in [4.78, 5) is 34.8. The number of aliphatic carboxylic acids is 2. The Kier molecular flexibility index (Phi) is 8.38. The average molecular weight is 547 g/mol. The molecule has 0 bridgehead atoms. The number of carboxylic acid groups (broad SMARTS) is 2. The number of hydrogen-bond acceptors (Lipinski definition) is 12. The van der Waals surface area contributed by atoms with Crippen molar-refractivity contribution < 1.29 is 48.6 Å². The van der Waals surface area contributed by atoms with Crippen molar-refractivity contribution in [3.8, 4) is 5.88 Å². The second kappa shape index (κ2) is 10.8.